The molecule has 7 heteroatoms. The van der Waals surface area contributed by atoms with Gasteiger partial charge in [0, 0.05) is 29.1 Å². The van der Waals surface area contributed by atoms with Crippen molar-refractivity contribution in [3.8, 4) is 17.0 Å². The van der Waals surface area contributed by atoms with Crippen molar-refractivity contribution in [2.24, 2.45) is 0 Å². The molecule has 0 saturated heterocycles. The van der Waals surface area contributed by atoms with Gasteiger partial charge in [0.2, 0.25) is 5.91 Å². The molecule has 0 fully saturated rings. The van der Waals surface area contributed by atoms with Gasteiger partial charge >= 0.3 is 0 Å². The summed E-state index contributed by atoms with van der Waals surface area (Å²) >= 11 is 0. The zero-order valence-electron chi connectivity index (χ0n) is 19.1. The van der Waals surface area contributed by atoms with E-state index in [1.54, 1.807) is 31.2 Å². The second kappa shape index (κ2) is 9.69. The van der Waals surface area contributed by atoms with E-state index in [4.69, 9.17) is 9.84 Å². The van der Waals surface area contributed by atoms with E-state index in [2.05, 4.69) is 22.8 Å². The van der Waals surface area contributed by atoms with Gasteiger partial charge in [-0.15, -0.1) is 0 Å². The first-order valence-corrected chi connectivity index (χ1v) is 11.3. The molecular formula is C28H24N4O3. The van der Waals surface area contributed by atoms with Gasteiger partial charge in [-0.3, -0.25) is 14.3 Å². The smallest absolute Gasteiger partial charge is 0.265 e. The Labute approximate surface area is 203 Å². The van der Waals surface area contributed by atoms with Crippen LogP contribution in [-0.2, 0) is 16.1 Å². The number of fused-ring (bicyclic) bond motifs is 1. The molecule has 0 radical (unpaired) electrons. The molecule has 4 aromatic rings. The maximum atomic E-state index is 12.7. The van der Waals surface area contributed by atoms with Crippen molar-refractivity contribution in [1.82, 2.24) is 9.78 Å². The van der Waals surface area contributed by atoms with E-state index in [0.29, 0.717) is 23.7 Å². The summed E-state index contributed by atoms with van der Waals surface area (Å²) < 4.78 is 7.44. The van der Waals surface area contributed by atoms with Gasteiger partial charge < -0.3 is 15.4 Å². The summed E-state index contributed by atoms with van der Waals surface area (Å²) in [5, 5.41) is 10.4. The van der Waals surface area contributed by atoms with Crippen LogP contribution in [0.1, 0.15) is 18.1 Å². The molecule has 1 unspecified atom stereocenters. The maximum Gasteiger partial charge on any atom is 0.265 e. The zero-order valence-corrected chi connectivity index (χ0v) is 19.1. The Bertz CT molecular complexity index is 1390. The normalized spacial score (nSPS) is 14.8. The fraction of sp³-hybridized carbons (Fsp3) is 0.107. The molecule has 1 atom stereocenters. The summed E-state index contributed by atoms with van der Waals surface area (Å²) in [5.41, 5.74) is 4.83. The van der Waals surface area contributed by atoms with E-state index in [1.807, 2.05) is 59.4 Å². The molecule has 7 nitrogen and oxygen atoms in total. The third-order valence-electron chi connectivity index (χ3n) is 5.62. The average molecular weight is 465 g/mol. The monoisotopic (exact) mass is 464 g/mol. The lowest BCUT2D eigenvalue weighted by Gasteiger charge is -2.23. The Balaban J connectivity index is 1.35. The highest BCUT2D eigenvalue weighted by Gasteiger charge is 2.23. The Morgan fingerprint density at radius 2 is 1.83 bits per heavy atom. The molecule has 0 saturated carbocycles. The van der Waals surface area contributed by atoms with E-state index in [1.165, 1.54) is 6.08 Å². The lowest BCUT2D eigenvalue weighted by molar-refractivity contribution is -0.122. The number of carbonyl (C=O) groups excluding carboxylic acids is 2. The van der Waals surface area contributed by atoms with Crippen LogP contribution in [0.15, 0.2) is 91.1 Å². The van der Waals surface area contributed by atoms with E-state index in [-0.39, 0.29) is 11.8 Å². The summed E-state index contributed by atoms with van der Waals surface area (Å²) in [6.45, 7) is 2.31. The maximum absolute atomic E-state index is 12.7. The first-order chi connectivity index (χ1) is 17.0. The van der Waals surface area contributed by atoms with Gasteiger partial charge in [-0.05, 0) is 36.8 Å². The van der Waals surface area contributed by atoms with Crippen molar-refractivity contribution < 1.29 is 14.3 Å². The number of rotatable bonds is 6. The van der Waals surface area contributed by atoms with Gasteiger partial charge in [-0.25, -0.2) is 0 Å². The first-order valence-electron chi connectivity index (χ1n) is 11.3. The van der Waals surface area contributed by atoms with Crippen LogP contribution < -0.4 is 15.4 Å². The number of aromatic nitrogens is 2. The van der Waals surface area contributed by atoms with E-state index < -0.39 is 6.10 Å². The predicted molar refractivity (Wildman–Crippen MR) is 136 cm³/mol. The molecular weight excluding hydrogens is 440 g/mol. The summed E-state index contributed by atoms with van der Waals surface area (Å²) in [6.07, 6.45) is 4.63. The molecule has 0 bridgehead atoms. The Morgan fingerprint density at radius 1 is 1.09 bits per heavy atom. The predicted octanol–water partition coefficient (Wildman–Crippen LogP) is 4.97. The Kier molecular flexibility index (Phi) is 6.13. The summed E-state index contributed by atoms with van der Waals surface area (Å²) in [7, 11) is 0. The molecule has 174 valence electrons. The number of nitrogens with zero attached hydrogens (tertiary/aromatic N) is 2. The van der Waals surface area contributed by atoms with Gasteiger partial charge in [0.15, 0.2) is 6.10 Å². The van der Waals surface area contributed by atoms with Gasteiger partial charge in [0.25, 0.3) is 5.91 Å². The number of hydrogen-bond donors (Lipinski definition) is 2. The van der Waals surface area contributed by atoms with Crippen LogP contribution in [0.2, 0.25) is 0 Å². The van der Waals surface area contributed by atoms with Crippen molar-refractivity contribution in [2.75, 3.05) is 10.6 Å². The molecule has 1 aliphatic heterocycles. The number of benzene rings is 3. The van der Waals surface area contributed by atoms with Crippen LogP contribution in [0.25, 0.3) is 17.3 Å². The molecule has 2 amide bonds. The number of ether oxygens (including phenoxy) is 1. The van der Waals surface area contributed by atoms with Crippen LogP contribution >= 0.6 is 0 Å². The summed E-state index contributed by atoms with van der Waals surface area (Å²) in [4.78, 5) is 24.5. The van der Waals surface area contributed by atoms with Crippen LogP contribution in [0.5, 0.6) is 5.75 Å². The minimum Gasteiger partial charge on any atom is -0.479 e. The Morgan fingerprint density at radius 3 is 2.60 bits per heavy atom. The number of nitrogens with one attached hydrogen (secondary N) is 2. The summed E-state index contributed by atoms with van der Waals surface area (Å²) in [5.74, 6) is 0.0574. The van der Waals surface area contributed by atoms with Crippen molar-refractivity contribution >= 4 is 29.3 Å². The van der Waals surface area contributed by atoms with Gasteiger partial charge in [-0.2, -0.15) is 5.10 Å². The fourth-order valence-electron chi connectivity index (χ4n) is 3.87. The molecule has 5 rings (SSSR count). The lowest BCUT2D eigenvalue weighted by atomic mass is 10.1. The van der Waals surface area contributed by atoms with Crippen molar-refractivity contribution in [3.63, 3.8) is 0 Å². The molecule has 3 aromatic carbocycles. The lowest BCUT2D eigenvalue weighted by Crippen LogP contribution is -2.34. The third-order valence-corrected chi connectivity index (χ3v) is 5.62. The van der Waals surface area contributed by atoms with Crippen LogP contribution in [0.4, 0.5) is 11.4 Å². The highest BCUT2D eigenvalue weighted by molar-refractivity contribution is 6.03. The molecule has 0 aliphatic carbocycles. The van der Waals surface area contributed by atoms with E-state index in [0.717, 1.165) is 22.4 Å². The van der Waals surface area contributed by atoms with E-state index in [9.17, 15) is 9.59 Å². The SMILES string of the molecule is CC1Oc2ccc(NC(=O)/C=C/c3cn(Cc4ccccc4)nc3-c3ccccc3)cc2NC1=O. The standard InChI is InChI=1S/C28H24N4O3/c1-19-28(34)30-24-16-23(13-14-25(24)35-19)29-26(33)15-12-22-18-32(17-20-8-4-2-5-9-20)31-27(22)21-10-6-3-7-11-21/h2-16,18-19H,17H2,1H3,(H,29,33)(H,30,34)/b15-12+. The molecule has 1 aliphatic rings. The second-order valence-corrected chi connectivity index (χ2v) is 8.27. The zero-order chi connectivity index (χ0) is 24.2. The largest absolute Gasteiger partial charge is 0.479 e. The van der Waals surface area contributed by atoms with Crippen molar-refractivity contribution in [1.29, 1.82) is 0 Å². The van der Waals surface area contributed by atoms with Gasteiger partial charge in [0.1, 0.15) is 5.75 Å². The highest BCUT2D eigenvalue weighted by Crippen LogP contribution is 2.32. The molecule has 2 heterocycles. The third kappa shape index (κ3) is 5.14. The first kappa shape index (κ1) is 22.2. The Hall–Kier alpha value is -4.65. The van der Waals surface area contributed by atoms with Gasteiger partial charge in [-0.1, -0.05) is 60.7 Å². The highest BCUT2D eigenvalue weighted by atomic mass is 16.5. The van der Waals surface area contributed by atoms with Crippen LogP contribution in [0, 0.1) is 0 Å². The van der Waals surface area contributed by atoms with Crippen molar-refractivity contribution in [2.45, 2.75) is 19.6 Å². The quantitative estimate of drug-likeness (QED) is 0.395. The number of hydrogen-bond acceptors (Lipinski definition) is 4. The summed E-state index contributed by atoms with van der Waals surface area (Å²) in [6, 6.07) is 25.1. The second-order valence-electron chi connectivity index (χ2n) is 8.27. The number of anilines is 2. The van der Waals surface area contributed by atoms with Crippen LogP contribution in [0.3, 0.4) is 0 Å². The molecule has 35 heavy (non-hydrogen) atoms. The number of amides is 2. The molecule has 2 N–H and O–H groups in total. The minimum atomic E-state index is -0.549. The minimum absolute atomic E-state index is 0.221. The average Bonchev–Trinajstić information content (AvgIpc) is 3.27. The number of carbonyl (C=O) groups is 2. The molecule has 0 spiro atoms. The van der Waals surface area contributed by atoms with Crippen molar-refractivity contribution in [3.05, 3.63) is 102 Å². The van der Waals surface area contributed by atoms with Gasteiger partial charge in [0.05, 0.1) is 17.9 Å². The molecule has 1 aromatic heterocycles. The fourth-order valence-corrected chi connectivity index (χ4v) is 3.87. The van der Waals surface area contributed by atoms with Crippen LogP contribution in [-0.4, -0.2) is 27.7 Å². The van der Waals surface area contributed by atoms with E-state index >= 15 is 0 Å². The topological polar surface area (TPSA) is 85.2 Å².